The summed E-state index contributed by atoms with van der Waals surface area (Å²) in [6.07, 6.45) is 27.5. The number of unbranched alkanes of at least 4 members (excludes halogenated alkanes) is 18. The molecule has 0 aliphatic carbocycles. The Hall–Kier alpha value is -2.95. The van der Waals surface area contributed by atoms with Crippen LogP contribution in [0.3, 0.4) is 0 Å². The summed E-state index contributed by atoms with van der Waals surface area (Å²) in [5.41, 5.74) is 10.8. The SMILES string of the molecule is CCCCCCCCCCCCCCCCCCCCCC(=O)OCC(C)(CCn1cnc2c(=O)[nH]c(N)nc21)OC(=O)[C@@H](N)[C@@H](C)CC. The topological polar surface area (TPSA) is 168 Å². The Bertz CT molecular complexity index is 1260. The predicted molar refractivity (Wildman–Crippen MR) is 198 cm³/mol. The molecule has 0 aromatic carbocycles. The number of rotatable bonds is 29. The van der Waals surface area contributed by atoms with Crippen molar-refractivity contribution in [2.24, 2.45) is 11.7 Å². The zero-order valence-electron chi connectivity index (χ0n) is 31.2. The van der Waals surface area contributed by atoms with Crippen LogP contribution in [0.2, 0.25) is 0 Å². The van der Waals surface area contributed by atoms with Crippen molar-refractivity contribution in [3.05, 3.63) is 16.7 Å². The number of hydrogen-bond acceptors (Lipinski definition) is 9. The minimum Gasteiger partial charge on any atom is -0.461 e. The monoisotopic (exact) mass is 689 g/mol. The second-order valence-corrected chi connectivity index (χ2v) is 14.4. The van der Waals surface area contributed by atoms with Crippen LogP contribution in [-0.2, 0) is 25.6 Å². The third-order valence-electron chi connectivity index (χ3n) is 9.77. The number of aromatic nitrogens is 4. The van der Waals surface area contributed by atoms with Gasteiger partial charge >= 0.3 is 11.9 Å². The molecule has 2 heterocycles. The van der Waals surface area contributed by atoms with Crippen LogP contribution >= 0.6 is 0 Å². The number of fused-ring (bicyclic) bond motifs is 1. The van der Waals surface area contributed by atoms with E-state index in [-0.39, 0.29) is 36.4 Å². The van der Waals surface area contributed by atoms with Crippen molar-refractivity contribution in [1.29, 1.82) is 0 Å². The molecule has 0 aliphatic heterocycles. The second-order valence-electron chi connectivity index (χ2n) is 14.4. The average Bonchev–Trinajstić information content (AvgIpc) is 3.49. The maximum absolute atomic E-state index is 12.9. The van der Waals surface area contributed by atoms with Crippen molar-refractivity contribution in [2.45, 2.75) is 187 Å². The lowest BCUT2D eigenvalue weighted by Crippen LogP contribution is -2.46. The fraction of sp³-hybridized carbons (Fsp3) is 0.816. The Kier molecular flexibility index (Phi) is 20.9. The van der Waals surface area contributed by atoms with Gasteiger partial charge in [0.25, 0.3) is 5.56 Å². The van der Waals surface area contributed by atoms with Crippen molar-refractivity contribution in [3.63, 3.8) is 0 Å². The molecular formula is C38H68N6O5. The molecule has 280 valence electrons. The quantitative estimate of drug-likeness (QED) is 0.0564. The highest BCUT2D eigenvalue weighted by molar-refractivity contribution is 5.76. The van der Waals surface area contributed by atoms with Crippen LogP contribution in [0.25, 0.3) is 11.2 Å². The smallest absolute Gasteiger partial charge is 0.323 e. The summed E-state index contributed by atoms with van der Waals surface area (Å²) in [4.78, 5) is 48.6. The highest BCUT2D eigenvalue weighted by Gasteiger charge is 2.34. The Morgan fingerprint density at radius 2 is 1.39 bits per heavy atom. The molecule has 3 atom stereocenters. The van der Waals surface area contributed by atoms with E-state index >= 15 is 0 Å². The molecule has 2 rings (SSSR count). The molecule has 49 heavy (non-hydrogen) atoms. The minimum absolute atomic E-state index is 0.0169. The number of nitrogens with two attached hydrogens (primary N) is 2. The number of esters is 2. The van der Waals surface area contributed by atoms with Gasteiger partial charge in [0.1, 0.15) is 18.2 Å². The van der Waals surface area contributed by atoms with E-state index in [1.165, 1.54) is 109 Å². The van der Waals surface area contributed by atoms with Crippen LogP contribution in [0.4, 0.5) is 5.95 Å². The van der Waals surface area contributed by atoms with Crippen molar-refractivity contribution in [3.8, 4) is 0 Å². The van der Waals surface area contributed by atoms with Crippen molar-refractivity contribution < 1.29 is 19.1 Å². The maximum atomic E-state index is 12.9. The lowest BCUT2D eigenvalue weighted by Gasteiger charge is -2.31. The van der Waals surface area contributed by atoms with Gasteiger partial charge in [-0.05, 0) is 19.3 Å². The van der Waals surface area contributed by atoms with E-state index in [2.05, 4.69) is 21.9 Å². The normalized spacial score (nSPS) is 14.1. The first-order chi connectivity index (χ1) is 23.6. The molecule has 5 N–H and O–H groups in total. The van der Waals surface area contributed by atoms with Gasteiger partial charge in [0.2, 0.25) is 5.95 Å². The zero-order chi connectivity index (χ0) is 35.9. The van der Waals surface area contributed by atoms with E-state index in [0.29, 0.717) is 18.6 Å². The first kappa shape index (κ1) is 42.2. The Labute approximate surface area is 295 Å². The first-order valence-corrected chi connectivity index (χ1v) is 19.4. The molecule has 0 fully saturated rings. The first-order valence-electron chi connectivity index (χ1n) is 19.4. The summed E-state index contributed by atoms with van der Waals surface area (Å²) in [6.45, 7) is 8.06. The number of imidazole rings is 1. The molecule has 1 unspecified atom stereocenters. The summed E-state index contributed by atoms with van der Waals surface area (Å²) in [6, 6.07) is -0.793. The number of carbonyl (C=O) groups excluding carboxylic acids is 2. The number of anilines is 1. The van der Waals surface area contributed by atoms with Crippen molar-refractivity contribution >= 4 is 29.1 Å². The number of ether oxygens (including phenoxy) is 2. The average molecular weight is 689 g/mol. The lowest BCUT2D eigenvalue weighted by atomic mass is 9.99. The molecule has 0 radical (unpaired) electrons. The number of hydrogen-bond donors (Lipinski definition) is 3. The summed E-state index contributed by atoms with van der Waals surface area (Å²) >= 11 is 0. The van der Waals surface area contributed by atoms with Crippen molar-refractivity contribution in [1.82, 2.24) is 19.5 Å². The fourth-order valence-corrected chi connectivity index (χ4v) is 6.09. The highest BCUT2D eigenvalue weighted by Crippen LogP contribution is 2.22. The van der Waals surface area contributed by atoms with Crippen LogP contribution in [0.1, 0.15) is 169 Å². The predicted octanol–water partition coefficient (Wildman–Crippen LogP) is 8.13. The zero-order valence-corrected chi connectivity index (χ0v) is 31.2. The molecule has 0 bridgehead atoms. The van der Waals surface area contributed by atoms with Crippen LogP contribution in [0.15, 0.2) is 11.1 Å². The van der Waals surface area contributed by atoms with Gasteiger partial charge in [0.15, 0.2) is 11.2 Å². The van der Waals surface area contributed by atoms with E-state index in [9.17, 15) is 14.4 Å². The molecule has 11 nitrogen and oxygen atoms in total. The number of aryl methyl sites for hydroxylation is 1. The molecule has 0 saturated carbocycles. The number of nitrogens with zero attached hydrogens (tertiary/aromatic N) is 3. The standard InChI is InChI=1S/C38H68N6O5/c1-5-7-8-9-10-11-12-13-14-15-16-17-18-19-20-21-22-23-24-25-31(45)48-28-38(4,49-36(47)32(39)30(3)6-2)26-27-44-29-41-33-34(44)42-37(40)43-35(33)46/h29-30,32H,5-28,39H2,1-4H3,(H3,40,42,43,46)/t30-,32-,38?/m0/s1. The number of H-pyrrole nitrogens is 1. The lowest BCUT2D eigenvalue weighted by molar-refractivity contribution is -0.174. The summed E-state index contributed by atoms with van der Waals surface area (Å²) < 4.78 is 13.2. The van der Waals surface area contributed by atoms with Gasteiger partial charge in [-0.2, -0.15) is 4.98 Å². The Morgan fingerprint density at radius 1 is 0.878 bits per heavy atom. The summed E-state index contributed by atoms with van der Waals surface area (Å²) in [5, 5.41) is 0. The van der Waals surface area contributed by atoms with Gasteiger partial charge in [-0.3, -0.25) is 19.4 Å². The van der Waals surface area contributed by atoms with Crippen LogP contribution in [-0.4, -0.2) is 49.7 Å². The maximum Gasteiger partial charge on any atom is 0.323 e. The van der Waals surface area contributed by atoms with Crippen LogP contribution in [0.5, 0.6) is 0 Å². The minimum atomic E-state index is -1.14. The van der Waals surface area contributed by atoms with Crippen LogP contribution < -0.4 is 17.0 Å². The van der Waals surface area contributed by atoms with E-state index in [1.807, 2.05) is 13.8 Å². The van der Waals surface area contributed by atoms with E-state index in [4.69, 9.17) is 20.9 Å². The van der Waals surface area contributed by atoms with Gasteiger partial charge in [-0.15, -0.1) is 0 Å². The Morgan fingerprint density at radius 3 is 1.90 bits per heavy atom. The van der Waals surface area contributed by atoms with Crippen molar-refractivity contribution in [2.75, 3.05) is 12.3 Å². The highest BCUT2D eigenvalue weighted by atomic mass is 16.6. The van der Waals surface area contributed by atoms with E-state index < -0.39 is 23.2 Å². The molecular weight excluding hydrogens is 620 g/mol. The molecule has 2 aromatic heterocycles. The van der Waals surface area contributed by atoms with Gasteiger partial charge in [-0.25, -0.2) is 4.98 Å². The van der Waals surface area contributed by atoms with E-state index in [0.717, 1.165) is 25.7 Å². The number of nitrogens with one attached hydrogen (secondary N) is 1. The van der Waals surface area contributed by atoms with Crippen LogP contribution in [0, 0.1) is 5.92 Å². The van der Waals surface area contributed by atoms with Gasteiger partial charge in [0.05, 0.1) is 6.33 Å². The summed E-state index contributed by atoms with van der Waals surface area (Å²) in [5.74, 6) is -0.933. The molecule has 11 heteroatoms. The number of carbonyl (C=O) groups is 2. The fourth-order valence-electron chi connectivity index (χ4n) is 6.09. The second kappa shape index (κ2) is 24.2. The molecule has 2 aromatic rings. The summed E-state index contributed by atoms with van der Waals surface area (Å²) in [7, 11) is 0. The van der Waals surface area contributed by atoms with Gasteiger partial charge in [0, 0.05) is 19.4 Å². The number of nitrogen functional groups attached to an aromatic ring is 1. The third kappa shape index (κ3) is 17.0. The molecule has 0 aliphatic rings. The van der Waals surface area contributed by atoms with Gasteiger partial charge < -0.3 is 25.5 Å². The van der Waals surface area contributed by atoms with Gasteiger partial charge in [-0.1, -0.05) is 143 Å². The third-order valence-corrected chi connectivity index (χ3v) is 9.77. The molecule has 0 saturated heterocycles. The number of aromatic amines is 1. The van der Waals surface area contributed by atoms with E-state index in [1.54, 1.807) is 11.5 Å². The molecule has 0 amide bonds. The largest absolute Gasteiger partial charge is 0.461 e. The Balaban J connectivity index is 1.64. The molecule has 0 spiro atoms.